The largest absolute Gasteiger partial charge is 0.454 e. The van der Waals surface area contributed by atoms with Crippen molar-refractivity contribution < 1.29 is 33.4 Å². The fraction of sp³-hybridized carbons (Fsp3) is 0.258. The van der Waals surface area contributed by atoms with Crippen LogP contribution >= 0.6 is 0 Å². The number of esters is 2. The highest BCUT2D eigenvalue weighted by Crippen LogP contribution is 2.42. The summed E-state index contributed by atoms with van der Waals surface area (Å²) in [6, 6.07) is 20.5. The molecule has 0 spiro atoms. The Balaban J connectivity index is 1.15. The Morgan fingerprint density at radius 3 is 2.05 bits per heavy atom. The quantitative estimate of drug-likeness (QED) is 0.187. The Labute approximate surface area is 225 Å². The Morgan fingerprint density at radius 2 is 1.36 bits per heavy atom. The van der Waals surface area contributed by atoms with Gasteiger partial charge in [0.1, 0.15) is 5.75 Å². The third kappa shape index (κ3) is 5.50. The lowest BCUT2D eigenvalue weighted by Gasteiger charge is -2.25. The van der Waals surface area contributed by atoms with Crippen LogP contribution in [0.15, 0.2) is 78.9 Å². The number of rotatable bonds is 7. The topological polar surface area (TPSA) is 107 Å². The summed E-state index contributed by atoms with van der Waals surface area (Å²) in [5.41, 5.74) is 1.32. The zero-order valence-electron chi connectivity index (χ0n) is 21.4. The molecular formula is C31H27NO7. The molecule has 0 aromatic heterocycles. The van der Waals surface area contributed by atoms with Crippen LogP contribution in [-0.2, 0) is 14.3 Å². The van der Waals surface area contributed by atoms with Gasteiger partial charge in [0.2, 0.25) is 11.8 Å². The summed E-state index contributed by atoms with van der Waals surface area (Å²) in [4.78, 5) is 64.2. The van der Waals surface area contributed by atoms with Gasteiger partial charge < -0.3 is 9.47 Å². The van der Waals surface area contributed by atoms with Crippen LogP contribution in [0.1, 0.15) is 57.3 Å². The van der Waals surface area contributed by atoms with Gasteiger partial charge in [0.15, 0.2) is 12.4 Å². The average molecular weight is 526 g/mol. The molecule has 0 N–H and O–H groups in total. The van der Waals surface area contributed by atoms with E-state index in [4.69, 9.17) is 9.47 Å². The number of nitrogens with zero attached hydrogens (tertiary/aromatic N) is 1. The molecule has 1 heterocycles. The highest BCUT2D eigenvalue weighted by molar-refractivity contribution is 6.22. The predicted molar refractivity (Wildman–Crippen MR) is 141 cm³/mol. The number of ether oxygens (including phenoxy) is 2. The number of Topliss-reactive ketones (excluding diaryl/α,β-unsaturated/α-hetero) is 1. The van der Waals surface area contributed by atoms with E-state index in [0.717, 1.165) is 6.42 Å². The van der Waals surface area contributed by atoms with Crippen LogP contribution in [0.2, 0.25) is 0 Å². The summed E-state index contributed by atoms with van der Waals surface area (Å²) in [6.07, 6.45) is 2.36. The Morgan fingerprint density at radius 1 is 0.744 bits per heavy atom. The first-order chi connectivity index (χ1) is 18.8. The van der Waals surface area contributed by atoms with Crippen LogP contribution in [0.25, 0.3) is 0 Å². The number of carbonyl (C=O) groups excluding carboxylic acids is 5. The number of ketones is 1. The molecule has 3 aromatic carbocycles. The highest BCUT2D eigenvalue weighted by atomic mass is 16.5. The van der Waals surface area contributed by atoms with E-state index in [9.17, 15) is 24.0 Å². The second-order valence-corrected chi connectivity index (χ2v) is 9.97. The molecule has 198 valence electrons. The van der Waals surface area contributed by atoms with Gasteiger partial charge in [-0.2, -0.15) is 0 Å². The Bertz CT molecular complexity index is 1410. The normalized spacial score (nSPS) is 20.3. The van der Waals surface area contributed by atoms with Gasteiger partial charge >= 0.3 is 11.9 Å². The third-order valence-corrected chi connectivity index (χ3v) is 7.28. The van der Waals surface area contributed by atoms with Crippen LogP contribution in [0.4, 0.5) is 5.69 Å². The first-order valence-corrected chi connectivity index (χ1v) is 12.9. The molecule has 3 unspecified atom stereocenters. The highest BCUT2D eigenvalue weighted by Gasteiger charge is 2.49. The van der Waals surface area contributed by atoms with Crippen molar-refractivity contribution in [1.29, 1.82) is 0 Å². The van der Waals surface area contributed by atoms with Crippen molar-refractivity contribution in [3.8, 4) is 5.75 Å². The maximum absolute atomic E-state index is 12.9. The maximum atomic E-state index is 12.9. The van der Waals surface area contributed by atoms with E-state index in [1.807, 2.05) is 0 Å². The zero-order valence-corrected chi connectivity index (χ0v) is 21.4. The van der Waals surface area contributed by atoms with Gasteiger partial charge in [0, 0.05) is 5.56 Å². The number of anilines is 1. The summed E-state index contributed by atoms with van der Waals surface area (Å²) >= 11 is 0. The summed E-state index contributed by atoms with van der Waals surface area (Å²) in [5, 5.41) is 0. The molecule has 2 amide bonds. The molecule has 39 heavy (non-hydrogen) atoms. The molecule has 8 nitrogen and oxygen atoms in total. The molecule has 0 radical (unpaired) electrons. The van der Waals surface area contributed by atoms with Gasteiger partial charge in [-0.25, -0.2) is 9.59 Å². The lowest BCUT2D eigenvalue weighted by Crippen LogP contribution is -2.30. The molecular weight excluding hydrogens is 498 g/mol. The first kappa shape index (κ1) is 26.0. The van der Waals surface area contributed by atoms with E-state index in [2.05, 4.69) is 6.92 Å². The fourth-order valence-electron chi connectivity index (χ4n) is 5.14. The van der Waals surface area contributed by atoms with Crippen LogP contribution in [0.5, 0.6) is 5.75 Å². The van der Waals surface area contributed by atoms with Crippen LogP contribution in [-0.4, -0.2) is 36.1 Å². The molecule has 2 aliphatic rings. The molecule has 1 aliphatic heterocycles. The molecule has 1 saturated carbocycles. The smallest absolute Gasteiger partial charge is 0.343 e. The second-order valence-electron chi connectivity index (χ2n) is 9.97. The van der Waals surface area contributed by atoms with E-state index in [-0.39, 0.29) is 35.0 Å². The molecule has 2 fully saturated rings. The minimum Gasteiger partial charge on any atom is -0.454 e. The number of fused-ring (bicyclic) bond motifs is 1. The number of imide groups is 1. The number of hydrogen-bond donors (Lipinski definition) is 0. The third-order valence-electron chi connectivity index (χ3n) is 7.28. The minimum atomic E-state index is -0.704. The summed E-state index contributed by atoms with van der Waals surface area (Å²) in [5.74, 6) is -1.86. The summed E-state index contributed by atoms with van der Waals surface area (Å²) < 4.78 is 10.5. The molecule has 1 aliphatic carbocycles. The summed E-state index contributed by atoms with van der Waals surface area (Å²) in [7, 11) is 0. The Hall–Kier alpha value is -4.59. The van der Waals surface area contributed by atoms with Crippen LogP contribution in [0.3, 0.4) is 0 Å². The maximum Gasteiger partial charge on any atom is 0.343 e. The van der Waals surface area contributed by atoms with E-state index >= 15 is 0 Å². The number of benzene rings is 3. The molecule has 8 heteroatoms. The predicted octanol–water partition coefficient (Wildman–Crippen LogP) is 4.87. The van der Waals surface area contributed by atoms with Gasteiger partial charge in [-0.05, 0) is 85.8 Å². The van der Waals surface area contributed by atoms with Crippen molar-refractivity contribution in [3.05, 3.63) is 95.6 Å². The fourth-order valence-corrected chi connectivity index (χ4v) is 5.14. The zero-order chi connectivity index (χ0) is 27.5. The number of carbonyl (C=O) groups is 5. The van der Waals surface area contributed by atoms with Crippen molar-refractivity contribution >= 4 is 35.2 Å². The number of amides is 2. The first-order valence-electron chi connectivity index (χ1n) is 12.9. The lowest BCUT2D eigenvalue weighted by atomic mass is 9.76. The average Bonchev–Trinajstić information content (AvgIpc) is 3.21. The van der Waals surface area contributed by atoms with Crippen molar-refractivity contribution in [3.63, 3.8) is 0 Å². The van der Waals surface area contributed by atoms with Gasteiger partial charge in [0.05, 0.1) is 28.7 Å². The van der Waals surface area contributed by atoms with Crippen molar-refractivity contribution in [1.82, 2.24) is 0 Å². The van der Waals surface area contributed by atoms with Crippen molar-refractivity contribution in [2.45, 2.75) is 26.2 Å². The van der Waals surface area contributed by atoms with Gasteiger partial charge in [-0.15, -0.1) is 0 Å². The van der Waals surface area contributed by atoms with E-state index in [0.29, 0.717) is 35.6 Å². The number of hydrogen-bond acceptors (Lipinski definition) is 7. The lowest BCUT2D eigenvalue weighted by molar-refractivity contribution is -0.122. The van der Waals surface area contributed by atoms with Gasteiger partial charge in [0.25, 0.3) is 0 Å². The van der Waals surface area contributed by atoms with E-state index in [1.54, 1.807) is 42.5 Å². The molecule has 1 saturated heterocycles. The SMILES string of the molecule is CC1CCC2C(=O)N(c3ccc(C(=O)OCC(=O)c4ccc(OC(=O)c5ccccc5)cc4)cc3)C(=O)C2C1. The molecule has 0 bridgehead atoms. The van der Waals surface area contributed by atoms with Gasteiger partial charge in [-0.3, -0.25) is 19.3 Å². The Kier molecular flexibility index (Phi) is 7.36. The van der Waals surface area contributed by atoms with E-state index in [1.165, 1.54) is 41.3 Å². The van der Waals surface area contributed by atoms with Crippen LogP contribution < -0.4 is 9.64 Å². The molecule has 3 atom stereocenters. The standard InChI is InChI=1S/C31H27NO7/c1-19-7-16-25-26(17-19)29(35)32(28(25)34)23-12-8-22(9-13-23)30(36)38-18-27(33)20-10-14-24(15-11-20)39-31(37)21-5-3-2-4-6-21/h2-6,8-15,19,25-26H,7,16-18H2,1H3. The minimum absolute atomic E-state index is 0.182. The van der Waals surface area contributed by atoms with Crippen molar-refractivity contribution in [2.75, 3.05) is 11.5 Å². The summed E-state index contributed by atoms with van der Waals surface area (Å²) in [6.45, 7) is 1.62. The van der Waals surface area contributed by atoms with E-state index < -0.39 is 24.3 Å². The second kappa shape index (κ2) is 11.0. The molecule has 5 rings (SSSR count). The van der Waals surface area contributed by atoms with Crippen molar-refractivity contribution in [2.24, 2.45) is 17.8 Å². The van der Waals surface area contributed by atoms with Crippen LogP contribution in [0, 0.1) is 17.8 Å². The monoisotopic (exact) mass is 525 g/mol. The van der Waals surface area contributed by atoms with Gasteiger partial charge in [-0.1, -0.05) is 25.1 Å². The molecule has 3 aromatic rings.